The van der Waals surface area contributed by atoms with E-state index in [0.717, 1.165) is 17.8 Å². The van der Waals surface area contributed by atoms with Crippen molar-refractivity contribution in [3.8, 4) is 0 Å². The fourth-order valence-electron chi connectivity index (χ4n) is 2.90. The fourth-order valence-corrected chi connectivity index (χ4v) is 2.90. The summed E-state index contributed by atoms with van der Waals surface area (Å²) in [4.78, 5) is 17.7. The van der Waals surface area contributed by atoms with Gasteiger partial charge in [0.25, 0.3) is 0 Å². The van der Waals surface area contributed by atoms with Gasteiger partial charge in [0.05, 0.1) is 11.6 Å². The third-order valence-electron chi connectivity index (χ3n) is 4.09. The lowest BCUT2D eigenvalue weighted by molar-refractivity contribution is -0.140. The first-order valence-electron chi connectivity index (χ1n) is 8.23. The highest BCUT2D eigenvalue weighted by Crippen LogP contribution is 2.38. The van der Waals surface area contributed by atoms with Gasteiger partial charge in [-0.2, -0.15) is 13.2 Å². The van der Waals surface area contributed by atoms with E-state index in [1.807, 2.05) is 30.3 Å². The number of benzene rings is 1. The fraction of sp³-hybridized carbons (Fsp3) is 0.300. The van der Waals surface area contributed by atoms with Crippen molar-refractivity contribution in [3.05, 3.63) is 71.6 Å². The molecule has 0 spiro atoms. The maximum Gasteiger partial charge on any atom is 0.416 e. The van der Waals surface area contributed by atoms with Gasteiger partial charge in [-0.15, -0.1) is 0 Å². The van der Waals surface area contributed by atoms with Crippen LogP contribution in [0.4, 0.5) is 13.2 Å². The molecule has 3 nitrogen and oxygen atoms in total. The third kappa shape index (κ3) is 4.71. The maximum absolute atomic E-state index is 13.4. The minimum Gasteiger partial charge on any atom is -0.335 e. The summed E-state index contributed by atoms with van der Waals surface area (Å²) < 4.78 is 40.1. The Hall–Kier alpha value is -2.63. The number of rotatable bonds is 5. The number of hydrogen-bond acceptors (Lipinski definition) is 2. The molecule has 1 aromatic carbocycles. The topological polar surface area (TPSA) is 33.2 Å². The Morgan fingerprint density at radius 3 is 2.38 bits per heavy atom. The Labute approximate surface area is 151 Å². The maximum atomic E-state index is 13.4. The van der Waals surface area contributed by atoms with Crippen LogP contribution in [0.3, 0.4) is 0 Å². The van der Waals surface area contributed by atoms with Crippen LogP contribution in [-0.2, 0) is 11.0 Å². The number of likely N-dealkylation sites (N-methyl/N-ethyl adjacent to an activating group) is 1. The summed E-state index contributed by atoms with van der Waals surface area (Å²) in [6.45, 7) is 3.56. The van der Waals surface area contributed by atoms with E-state index in [2.05, 4.69) is 4.98 Å². The summed E-state index contributed by atoms with van der Waals surface area (Å²) >= 11 is 0. The van der Waals surface area contributed by atoms with E-state index < -0.39 is 17.8 Å². The van der Waals surface area contributed by atoms with E-state index in [-0.39, 0.29) is 17.4 Å². The smallest absolute Gasteiger partial charge is 0.335 e. The van der Waals surface area contributed by atoms with Crippen LogP contribution in [0, 0.1) is 5.92 Å². The van der Waals surface area contributed by atoms with Crippen LogP contribution >= 0.6 is 0 Å². The van der Waals surface area contributed by atoms with Gasteiger partial charge in [-0.05, 0) is 23.6 Å². The zero-order valence-electron chi connectivity index (χ0n) is 14.9. The first kappa shape index (κ1) is 19.7. The molecule has 1 atom stereocenters. The normalized spacial score (nSPS) is 13.2. The molecule has 0 N–H and O–H groups in total. The molecule has 0 radical (unpaired) electrons. The molecule has 2 aromatic rings. The van der Waals surface area contributed by atoms with Gasteiger partial charge in [-0.3, -0.25) is 9.78 Å². The second-order valence-electron chi connectivity index (χ2n) is 6.34. The summed E-state index contributed by atoms with van der Waals surface area (Å²) in [6.07, 6.45) is 0.812. The molecule has 0 aliphatic heterocycles. The lowest BCUT2D eigenvalue weighted by Crippen LogP contribution is -2.34. The van der Waals surface area contributed by atoms with Crippen LogP contribution in [0.15, 0.2) is 54.9 Å². The SMILES string of the molecule is CC(C)C(c1cnccc1C(F)(F)F)N(C)C(=O)C=Cc1ccccc1. The molecule has 0 fully saturated rings. The van der Waals surface area contributed by atoms with E-state index in [1.165, 1.54) is 24.2 Å². The van der Waals surface area contributed by atoms with Crippen molar-refractivity contribution in [1.29, 1.82) is 0 Å². The first-order valence-corrected chi connectivity index (χ1v) is 8.23. The predicted octanol–water partition coefficient (Wildman–Crippen LogP) is 4.97. The average molecular weight is 362 g/mol. The van der Waals surface area contributed by atoms with E-state index in [4.69, 9.17) is 0 Å². The average Bonchev–Trinajstić information content (AvgIpc) is 2.60. The van der Waals surface area contributed by atoms with Crippen molar-refractivity contribution < 1.29 is 18.0 Å². The number of aromatic nitrogens is 1. The monoisotopic (exact) mass is 362 g/mol. The summed E-state index contributed by atoms with van der Waals surface area (Å²) in [6, 6.07) is 9.43. The molecule has 1 aromatic heterocycles. The Kier molecular flexibility index (Phi) is 6.18. The van der Waals surface area contributed by atoms with E-state index in [0.29, 0.717) is 0 Å². The molecule has 0 saturated heterocycles. The summed E-state index contributed by atoms with van der Waals surface area (Å²) in [7, 11) is 1.51. The Bertz CT molecular complexity index is 770. The van der Waals surface area contributed by atoms with E-state index in [1.54, 1.807) is 19.9 Å². The van der Waals surface area contributed by atoms with Crippen molar-refractivity contribution >= 4 is 12.0 Å². The highest BCUT2D eigenvalue weighted by Gasteiger charge is 2.37. The highest BCUT2D eigenvalue weighted by molar-refractivity contribution is 5.91. The van der Waals surface area contributed by atoms with Crippen molar-refractivity contribution in [2.45, 2.75) is 26.1 Å². The minimum atomic E-state index is -4.50. The van der Waals surface area contributed by atoms with Crippen molar-refractivity contribution in [3.63, 3.8) is 0 Å². The van der Waals surface area contributed by atoms with Crippen molar-refractivity contribution in [2.24, 2.45) is 5.92 Å². The van der Waals surface area contributed by atoms with E-state index >= 15 is 0 Å². The number of nitrogens with zero attached hydrogens (tertiary/aromatic N) is 2. The van der Waals surface area contributed by atoms with Crippen LogP contribution in [0.1, 0.15) is 36.6 Å². The number of carbonyl (C=O) groups is 1. The van der Waals surface area contributed by atoms with Crippen LogP contribution < -0.4 is 0 Å². The second-order valence-corrected chi connectivity index (χ2v) is 6.34. The van der Waals surface area contributed by atoms with Gasteiger partial charge in [0.1, 0.15) is 0 Å². The molecule has 1 unspecified atom stereocenters. The predicted molar refractivity (Wildman–Crippen MR) is 95.1 cm³/mol. The lowest BCUT2D eigenvalue weighted by Gasteiger charge is -2.32. The number of hydrogen-bond donors (Lipinski definition) is 0. The molecule has 0 aliphatic rings. The number of carbonyl (C=O) groups excluding carboxylic acids is 1. The van der Waals surface area contributed by atoms with Crippen molar-refractivity contribution in [1.82, 2.24) is 9.88 Å². The number of alkyl halides is 3. The Morgan fingerprint density at radius 1 is 1.15 bits per heavy atom. The number of amides is 1. The molecule has 138 valence electrons. The van der Waals surface area contributed by atoms with Gasteiger partial charge in [0.15, 0.2) is 0 Å². The summed E-state index contributed by atoms with van der Waals surface area (Å²) in [5.41, 5.74) is 0.0737. The summed E-state index contributed by atoms with van der Waals surface area (Å²) in [5, 5.41) is 0. The summed E-state index contributed by atoms with van der Waals surface area (Å²) in [5.74, 6) is -0.594. The van der Waals surface area contributed by atoms with Crippen molar-refractivity contribution in [2.75, 3.05) is 7.05 Å². The molecular formula is C20H21F3N2O. The van der Waals surface area contributed by atoms with Gasteiger partial charge in [-0.1, -0.05) is 44.2 Å². The molecule has 26 heavy (non-hydrogen) atoms. The third-order valence-corrected chi connectivity index (χ3v) is 4.09. The zero-order chi connectivity index (χ0) is 19.3. The number of pyridine rings is 1. The quantitative estimate of drug-likeness (QED) is 0.704. The van der Waals surface area contributed by atoms with Gasteiger partial charge >= 0.3 is 6.18 Å². The van der Waals surface area contributed by atoms with Crippen LogP contribution in [0.25, 0.3) is 6.08 Å². The standard InChI is InChI=1S/C20H21F3N2O/c1-14(2)19(16-13-24-12-11-17(16)20(21,22)23)25(3)18(26)10-9-15-7-5-4-6-8-15/h4-14,19H,1-3H3. The highest BCUT2D eigenvalue weighted by atomic mass is 19.4. The van der Waals surface area contributed by atoms with Crippen LogP contribution in [0.5, 0.6) is 0 Å². The molecule has 1 amide bonds. The van der Waals surface area contributed by atoms with Crippen LogP contribution in [-0.4, -0.2) is 22.8 Å². The molecule has 0 saturated carbocycles. The van der Waals surface area contributed by atoms with Gasteiger partial charge < -0.3 is 4.90 Å². The second kappa shape index (κ2) is 8.17. The molecule has 1 heterocycles. The molecule has 0 aliphatic carbocycles. The molecule has 6 heteroatoms. The van der Waals surface area contributed by atoms with Crippen LogP contribution in [0.2, 0.25) is 0 Å². The van der Waals surface area contributed by atoms with E-state index in [9.17, 15) is 18.0 Å². The largest absolute Gasteiger partial charge is 0.416 e. The molecular weight excluding hydrogens is 341 g/mol. The van der Waals surface area contributed by atoms with Gasteiger partial charge in [0, 0.05) is 31.1 Å². The molecule has 2 rings (SSSR count). The Morgan fingerprint density at radius 2 is 1.81 bits per heavy atom. The zero-order valence-corrected chi connectivity index (χ0v) is 14.9. The first-order chi connectivity index (χ1) is 12.2. The molecule has 0 bridgehead atoms. The minimum absolute atomic E-state index is 0.000962. The van der Waals surface area contributed by atoms with Gasteiger partial charge in [-0.25, -0.2) is 0 Å². The lowest BCUT2D eigenvalue weighted by atomic mass is 9.92. The number of halogens is 3. The Balaban J connectivity index is 2.33. The van der Waals surface area contributed by atoms with Gasteiger partial charge in [0.2, 0.25) is 5.91 Å².